The Bertz CT molecular complexity index is 118. The second-order valence-electron chi connectivity index (χ2n) is 2.53. The summed E-state index contributed by atoms with van der Waals surface area (Å²) in [6.07, 6.45) is 7.49. The first-order valence-corrected chi connectivity index (χ1v) is 3.25. The molecule has 0 aromatic carbocycles. The predicted molar refractivity (Wildman–Crippen MR) is 31.6 cm³/mol. The molecule has 1 heterocycles. The summed E-state index contributed by atoms with van der Waals surface area (Å²) in [5.74, 6) is 0.773. The first-order valence-electron chi connectivity index (χ1n) is 3.25. The average Bonchev–Trinajstić information content (AvgIpc) is 2.15. The lowest BCUT2D eigenvalue weighted by Crippen LogP contribution is -2.06. The minimum atomic E-state index is 0.565. The van der Waals surface area contributed by atoms with Crippen molar-refractivity contribution in [2.45, 2.75) is 18.9 Å². The summed E-state index contributed by atoms with van der Waals surface area (Å²) in [5, 5.41) is 0. The SMILES string of the molecule is C1=CC2CCOC2C1. The van der Waals surface area contributed by atoms with Crippen LogP contribution in [0.4, 0.5) is 0 Å². The molecule has 2 atom stereocenters. The van der Waals surface area contributed by atoms with Crippen LogP contribution in [-0.4, -0.2) is 12.7 Å². The standard InChI is InChI=1S/C7H10O/c1-2-6-4-5-8-7(6)3-1/h1-2,6-7H,3-5H2. The van der Waals surface area contributed by atoms with E-state index in [9.17, 15) is 0 Å². The Morgan fingerprint density at radius 1 is 1.50 bits per heavy atom. The number of hydrogen-bond acceptors (Lipinski definition) is 1. The molecular formula is C7H10O. The molecule has 1 saturated heterocycles. The van der Waals surface area contributed by atoms with Crippen LogP contribution in [0.2, 0.25) is 0 Å². The molecule has 0 spiro atoms. The van der Waals surface area contributed by atoms with Crippen LogP contribution in [0.3, 0.4) is 0 Å². The van der Waals surface area contributed by atoms with Crippen molar-refractivity contribution in [3.05, 3.63) is 12.2 Å². The summed E-state index contributed by atoms with van der Waals surface area (Å²) in [6, 6.07) is 0. The molecule has 1 aliphatic carbocycles. The van der Waals surface area contributed by atoms with Crippen molar-refractivity contribution in [1.29, 1.82) is 0 Å². The van der Waals surface area contributed by atoms with E-state index in [1.165, 1.54) is 6.42 Å². The van der Waals surface area contributed by atoms with Gasteiger partial charge in [0.2, 0.25) is 0 Å². The van der Waals surface area contributed by atoms with Gasteiger partial charge in [-0.2, -0.15) is 0 Å². The summed E-state index contributed by atoms with van der Waals surface area (Å²) in [7, 11) is 0. The monoisotopic (exact) mass is 110 g/mol. The van der Waals surface area contributed by atoms with Gasteiger partial charge >= 0.3 is 0 Å². The van der Waals surface area contributed by atoms with Crippen molar-refractivity contribution < 1.29 is 4.74 Å². The van der Waals surface area contributed by atoms with Gasteiger partial charge in [0.05, 0.1) is 6.10 Å². The Morgan fingerprint density at radius 2 is 2.50 bits per heavy atom. The van der Waals surface area contributed by atoms with Gasteiger partial charge in [-0.05, 0) is 12.8 Å². The maximum atomic E-state index is 5.41. The van der Waals surface area contributed by atoms with Crippen molar-refractivity contribution >= 4 is 0 Å². The molecule has 1 aliphatic heterocycles. The molecule has 1 heteroatoms. The van der Waals surface area contributed by atoms with Gasteiger partial charge < -0.3 is 4.74 Å². The minimum Gasteiger partial charge on any atom is -0.377 e. The van der Waals surface area contributed by atoms with E-state index in [-0.39, 0.29) is 0 Å². The molecule has 2 aliphatic rings. The fourth-order valence-electron chi connectivity index (χ4n) is 1.52. The van der Waals surface area contributed by atoms with Crippen molar-refractivity contribution in [3.63, 3.8) is 0 Å². The molecule has 0 aromatic rings. The third kappa shape index (κ3) is 0.511. The number of fused-ring (bicyclic) bond motifs is 1. The van der Waals surface area contributed by atoms with E-state index < -0.39 is 0 Å². The fourth-order valence-corrected chi connectivity index (χ4v) is 1.52. The van der Waals surface area contributed by atoms with E-state index in [0.717, 1.165) is 18.9 Å². The molecule has 0 N–H and O–H groups in total. The van der Waals surface area contributed by atoms with Crippen LogP contribution in [0.5, 0.6) is 0 Å². The maximum Gasteiger partial charge on any atom is 0.0672 e. The predicted octanol–water partition coefficient (Wildman–Crippen LogP) is 1.35. The summed E-state index contributed by atoms with van der Waals surface area (Å²) in [5.41, 5.74) is 0. The highest BCUT2D eigenvalue weighted by Gasteiger charge is 2.27. The Morgan fingerprint density at radius 3 is 3.38 bits per heavy atom. The molecule has 1 fully saturated rings. The maximum absolute atomic E-state index is 5.41. The van der Waals surface area contributed by atoms with E-state index in [0.29, 0.717) is 6.10 Å². The number of ether oxygens (including phenoxy) is 1. The molecule has 2 unspecified atom stereocenters. The van der Waals surface area contributed by atoms with Gasteiger partial charge in [0.15, 0.2) is 0 Å². The highest BCUT2D eigenvalue weighted by molar-refractivity contribution is 5.04. The summed E-state index contributed by atoms with van der Waals surface area (Å²) >= 11 is 0. The Hall–Kier alpha value is -0.300. The Balaban J connectivity index is 2.13. The Kier molecular flexibility index (Phi) is 0.908. The van der Waals surface area contributed by atoms with Crippen molar-refractivity contribution in [2.75, 3.05) is 6.61 Å². The number of rotatable bonds is 0. The highest BCUT2D eigenvalue weighted by atomic mass is 16.5. The van der Waals surface area contributed by atoms with Gasteiger partial charge in [-0.1, -0.05) is 12.2 Å². The zero-order valence-corrected chi connectivity index (χ0v) is 4.84. The lowest BCUT2D eigenvalue weighted by Gasteiger charge is -2.04. The lowest BCUT2D eigenvalue weighted by molar-refractivity contribution is 0.107. The van der Waals surface area contributed by atoms with Gasteiger partial charge in [0, 0.05) is 12.5 Å². The second-order valence-corrected chi connectivity index (χ2v) is 2.53. The first-order chi connectivity index (χ1) is 3.97. The second kappa shape index (κ2) is 1.59. The zero-order valence-electron chi connectivity index (χ0n) is 4.84. The van der Waals surface area contributed by atoms with Crippen LogP contribution in [0.1, 0.15) is 12.8 Å². The molecule has 0 aromatic heterocycles. The normalized spacial score (nSPS) is 43.0. The third-order valence-corrected chi connectivity index (χ3v) is 2.01. The molecular weight excluding hydrogens is 100 g/mol. The van der Waals surface area contributed by atoms with Crippen LogP contribution in [-0.2, 0) is 4.74 Å². The molecule has 0 saturated carbocycles. The minimum absolute atomic E-state index is 0.565. The Labute approximate surface area is 49.3 Å². The first kappa shape index (κ1) is 4.57. The topological polar surface area (TPSA) is 9.23 Å². The van der Waals surface area contributed by atoms with Crippen LogP contribution < -0.4 is 0 Å². The smallest absolute Gasteiger partial charge is 0.0672 e. The van der Waals surface area contributed by atoms with E-state index >= 15 is 0 Å². The molecule has 0 bridgehead atoms. The number of hydrogen-bond donors (Lipinski definition) is 0. The summed E-state index contributed by atoms with van der Waals surface area (Å²) in [6.45, 7) is 0.986. The largest absolute Gasteiger partial charge is 0.377 e. The molecule has 1 nitrogen and oxygen atoms in total. The van der Waals surface area contributed by atoms with E-state index in [1.54, 1.807) is 0 Å². The van der Waals surface area contributed by atoms with E-state index in [4.69, 9.17) is 4.74 Å². The van der Waals surface area contributed by atoms with Gasteiger partial charge in [0.1, 0.15) is 0 Å². The fraction of sp³-hybridized carbons (Fsp3) is 0.714. The van der Waals surface area contributed by atoms with Crippen LogP contribution in [0.25, 0.3) is 0 Å². The summed E-state index contributed by atoms with van der Waals surface area (Å²) < 4.78 is 5.41. The molecule has 44 valence electrons. The molecule has 2 rings (SSSR count). The van der Waals surface area contributed by atoms with Gasteiger partial charge in [0.25, 0.3) is 0 Å². The quantitative estimate of drug-likeness (QED) is 0.428. The van der Waals surface area contributed by atoms with Gasteiger partial charge in [-0.15, -0.1) is 0 Å². The molecule has 0 radical (unpaired) electrons. The van der Waals surface area contributed by atoms with Crippen LogP contribution in [0.15, 0.2) is 12.2 Å². The van der Waals surface area contributed by atoms with Gasteiger partial charge in [-0.25, -0.2) is 0 Å². The van der Waals surface area contributed by atoms with Crippen LogP contribution >= 0.6 is 0 Å². The highest BCUT2D eigenvalue weighted by Crippen LogP contribution is 2.29. The van der Waals surface area contributed by atoms with Crippen molar-refractivity contribution in [2.24, 2.45) is 5.92 Å². The van der Waals surface area contributed by atoms with Crippen molar-refractivity contribution in [3.8, 4) is 0 Å². The summed E-state index contributed by atoms with van der Waals surface area (Å²) in [4.78, 5) is 0. The van der Waals surface area contributed by atoms with Gasteiger partial charge in [-0.3, -0.25) is 0 Å². The molecule has 0 amide bonds. The lowest BCUT2D eigenvalue weighted by atomic mass is 10.1. The van der Waals surface area contributed by atoms with Crippen molar-refractivity contribution in [1.82, 2.24) is 0 Å². The zero-order chi connectivity index (χ0) is 5.40. The third-order valence-electron chi connectivity index (χ3n) is 2.01. The molecule has 8 heavy (non-hydrogen) atoms. The van der Waals surface area contributed by atoms with E-state index in [1.807, 2.05) is 0 Å². The average molecular weight is 110 g/mol. The van der Waals surface area contributed by atoms with E-state index in [2.05, 4.69) is 12.2 Å². The van der Waals surface area contributed by atoms with Crippen LogP contribution in [0, 0.1) is 5.92 Å².